The van der Waals surface area contributed by atoms with Gasteiger partial charge in [-0.25, -0.2) is 4.98 Å². The number of nitrogens with zero attached hydrogens (tertiary/aromatic N) is 2. The highest BCUT2D eigenvalue weighted by Crippen LogP contribution is 2.31. The Balaban J connectivity index is 2.41. The molecule has 0 aliphatic heterocycles. The molecule has 0 saturated heterocycles. The van der Waals surface area contributed by atoms with Crippen LogP contribution in [0.2, 0.25) is 0 Å². The zero-order valence-electron chi connectivity index (χ0n) is 10.6. The van der Waals surface area contributed by atoms with E-state index in [0.717, 1.165) is 22.0 Å². The number of ether oxygens (including phenoxy) is 1. The molecule has 0 bridgehead atoms. The Morgan fingerprint density at radius 3 is 2.39 bits per heavy atom. The number of nitriles is 1. The van der Waals surface area contributed by atoms with Crippen LogP contribution in [0.1, 0.15) is 30.3 Å². The van der Waals surface area contributed by atoms with Crippen LogP contribution in [-0.2, 0) is 0 Å². The second-order valence-electron chi connectivity index (χ2n) is 4.23. The van der Waals surface area contributed by atoms with Crippen molar-refractivity contribution in [2.24, 2.45) is 0 Å². The van der Waals surface area contributed by atoms with Crippen molar-refractivity contribution in [2.75, 3.05) is 7.11 Å². The molecule has 2 rings (SSSR count). The number of aromatic nitrogens is 1. The lowest BCUT2D eigenvalue weighted by atomic mass is 10.1. The van der Waals surface area contributed by atoms with Gasteiger partial charge in [-0.2, -0.15) is 5.26 Å². The van der Waals surface area contributed by atoms with Gasteiger partial charge in [-0.05, 0) is 30.2 Å². The van der Waals surface area contributed by atoms with E-state index in [-0.39, 0.29) is 5.92 Å². The lowest BCUT2D eigenvalue weighted by Gasteiger charge is -2.01. The van der Waals surface area contributed by atoms with E-state index in [2.05, 4.69) is 11.1 Å². The van der Waals surface area contributed by atoms with Crippen molar-refractivity contribution in [1.29, 1.82) is 5.26 Å². The van der Waals surface area contributed by atoms with Crippen LogP contribution in [0.25, 0.3) is 10.6 Å². The third kappa shape index (κ3) is 2.36. The Hall–Kier alpha value is -1.86. The highest BCUT2D eigenvalue weighted by Gasteiger charge is 2.14. The average molecular weight is 258 g/mol. The molecule has 2 aromatic rings. The summed E-state index contributed by atoms with van der Waals surface area (Å²) in [6.45, 7) is 4.10. The van der Waals surface area contributed by atoms with Crippen LogP contribution in [0, 0.1) is 11.3 Å². The lowest BCUT2D eigenvalue weighted by molar-refractivity contribution is 0.415. The van der Waals surface area contributed by atoms with Crippen molar-refractivity contribution in [3.05, 3.63) is 34.8 Å². The summed E-state index contributed by atoms with van der Waals surface area (Å²) in [6.07, 6.45) is 0. The molecular weight excluding hydrogens is 244 g/mol. The molecule has 0 saturated carbocycles. The van der Waals surface area contributed by atoms with Gasteiger partial charge in [0.15, 0.2) is 0 Å². The first-order valence-corrected chi connectivity index (χ1v) is 6.52. The maximum Gasteiger partial charge on any atom is 0.128 e. The molecule has 1 aromatic heterocycles. The van der Waals surface area contributed by atoms with Crippen molar-refractivity contribution >= 4 is 11.3 Å². The predicted octanol–water partition coefficient (Wildman–Crippen LogP) is 3.81. The summed E-state index contributed by atoms with van der Waals surface area (Å²) >= 11 is 1.44. The van der Waals surface area contributed by atoms with E-state index >= 15 is 0 Å². The molecule has 0 radical (unpaired) electrons. The van der Waals surface area contributed by atoms with Gasteiger partial charge in [-0.3, -0.25) is 0 Å². The Bertz CT molecular complexity index is 579. The Labute approximate surface area is 111 Å². The van der Waals surface area contributed by atoms with E-state index in [4.69, 9.17) is 10.00 Å². The van der Waals surface area contributed by atoms with Gasteiger partial charge in [-0.1, -0.05) is 13.8 Å². The van der Waals surface area contributed by atoms with Gasteiger partial charge in [0.05, 0.1) is 12.8 Å². The van der Waals surface area contributed by atoms with Crippen molar-refractivity contribution < 1.29 is 4.74 Å². The van der Waals surface area contributed by atoms with Crippen molar-refractivity contribution in [3.63, 3.8) is 0 Å². The molecule has 0 spiro atoms. The molecule has 0 unspecified atom stereocenters. The van der Waals surface area contributed by atoms with Crippen molar-refractivity contribution in [1.82, 2.24) is 4.98 Å². The second kappa shape index (κ2) is 5.19. The first kappa shape index (κ1) is 12.6. The fourth-order valence-corrected chi connectivity index (χ4v) is 2.68. The Kier molecular flexibility index (Phi) is 3.63. The van der Waals surface area contributed by atoms with Gasteiger partial charge in [-0.15, -0.1) is 11.3 Å². The zero-order chi connectivity index (χ0) is 13.1. The minimum atomic E-state index is 0.267. The fourth-order valence-electron chi connectivity index (χ4n) is 1.66. The molecule has 92 valence electrons. The summed E-state index contributed by atoms with van der Waals surface area (Å²) in [5, 5.41) is 10.00. The summed E-state index contributed by atoms with van der Waals surface area (Å²) < 4.78 is 5.12. The van der Waals surface area contributed by atoms with Crippen LogP contribution in [-0.4, -0.2) is 12.1 Å². The topological polar surface area (TPSA) is 45.9 Å². The quantitative estimate of drug-likeness (QED) is 0.840. The first-order chi connectivity index (χ1) is 8.65. The van der Waals surface area contributed by atoms with E-state index in [1.807, 2.05) is 38.1 Å². The Morgan fingerprint density at radius 2 is 1.94 bits per heavy atom. The highest BCUT2D eigenvalue weighted by atomic mass is 32.1. The lowest BCUT2D eigenvalue weighted by Crippen LogP contribution is -1.90. The molecule has 3 nitrogen and oxygen atoms in total. The molecule has 0 aliphatic rings. The summed E-state index contributed by atoms with van der Waals surface area (Å²) in [5.74, 6) is 1.09. The Morgan fingerprint density at radius 1 is 1.28 bits per heavy atom. The predicted molar refractivity (Wildman–Crippen MR) is 72.9 cm³/mol. The number of thiazole rings is 1. The molecule has 1 aromatic carbocycles. The van der Waals surface area contributed by atoms with Crippen LogP contribution in [0.5, 0.6) is 5.75 Å². The molecule has 0 aliphatic carbocycles. The maximum absolute atomic E-state index is 9.11. The summed E-state index contributed by atoms with van der Waals surface area (Å²) in [5.41, 5.74) is 1.90. The monoisotopic (exact) mass is 258 g/mol. The molecule has 0 amide bonds. The van der Waals surface area contributed by atoms with E-state index in [1.54, 1.807) is 7.11 Å². The standard InChI is InChI=1S/C14H14N2OS/c1-9(2)13-12(8-15)18-14(16-13)10-4-6-11(17-3)7-5-10/h4-7,9H,1-3H3. The van der Waals surface area contributed by atoms with E-state index in [0.29, 0.717) is 4.88 Å². The normalized spacial score (nSPS) is 10.4. The largest absolute Gasteiger partial charge is 0.497 e. The van der Waals surface area contributed by atoms with E-state index < -0.39 is 0 Å². The number of hydrogen-bond donors (Lipinski definition) is 0. The maximum atomic E-state index is 9.11. The van der Waals surface area contributed by atoms with Crippen molar-refractivity contribution in [2.45, 2.75) is 19.8 Å². The third-order valence-corrected chi connectivity index (χ3v) is 3.66. The summed E-state index contributed by atoms with van der Waals surface area (Å²) in [7, 11) is 1.64. The molecule has 0 N–H and O–H groups in total. The van der Waals surface area contributed by atoms with Gasteiger partial charge in [0.1, 0.15) is 21.7 Å². The SMILES string of the molecule is COc1ccc(-c2nc(C(C)C)c(C#N)s2)cc1. The fraction of sp³-hybridized carbons (Fsp3) is 0.286. The highest BCUT2D eigenvalue weighted by molar-refractivity contribution is 7.15. The van der Waals surface area contributed by atoms with Crippen LogP contribution in [0.15, 0.2) is 24.3 Å². The van der Waals surface area contributed by atoms with Gasteiger partial charge in [0.2, 0.25) is 0 Å². The number of hydrogen-bond acceptors (Lipinski definition) is 4. The van der Waals surface area contributed by atoms with Gasteiger partial charge in [0, 0.05) is 5.56 Å². The summed E-state index contributed by atoms with van der Waals surface area (Å²) in [4.78, 5) is 5.27. The minimum Gasteiger partial charge on any atom is -0.497 e. The van der Waals surface area contributed by atoms with Gasteiger partial charge in [0.25, 0.3) is 0 Å². The minimum absolute atomic E-state index is 0.267. The summed E-state index contributed by atoms with van der Waals surface area (Å²) in [6, 6.07) is 9.94. The number of benzene rings is 1. The first-order valence-electron chi connectivity index (χ1n) is 5.71. The van der Waals surface area contributed by atoms with E-state index in [1.165, 1.54) is 11.3 Å². The van der Waals surface area contributed by atoms with Gasteiger partial charge >= 0.3 is 0 Å². The van der Waals surface area contributed by atoms with Crippen LogP contribution in [0.3, 0.4) is 0 Å². The molecule has 0 fully saturated rings. The van der Waals surface area contributed by atoms with Crippen LogP contribution in [0.4, 0.5) is 0 Å². The van der Waals surface area contributed by atoms with Crippen LogP contribution < -0.4 is 4.74 Å². The number of rotatable bonds is 3. The van der Waals surface area contributed by atoms with Crippen molar-refractivity contribution in [3.8, 4) is 22.4 Å². The zero-order valence-corrected chi connectivity index (χ0v) is 11.4. The third-order valence-electron chi connectivity index (χ3n) is 2.64. The molecule has 4 heteroatoms. The second-order valence-corrected chi connectivity index (χ2v) is 5.23. The smallest absolute Gasteiger partial charge is 0.128 e. The van der Waals surface area contributed by atoms with Crippen LogP contribution >= 0.6 is 11.3 Å². The van der Waals surface area contributed by atoms with E-state index in [9.17, 15) is 0 Å². The average Bonchev–Trinajstić information content (AvgIpc) is 2.83. The number of methoxy groups -OCH3 is 1. The molecule has 0 atom stereocenters. The van der Waals surface area contributed by atoms with Gasteiger partial charge < -0.3 is 4.74 Å². The molecule has 18 heavy (non-hydrogen) atoms. The molecule has 1 heterocycles. The molecular formula is C14H14N2OS.